The third kappa shape index (κ3) is 5.61. The number of aliphatic hydroxyl groups is 1. The molecule has 1 aromatic carbocycles. The molecular formula is C14H18ClNO5. The predicted molar refractivity (Wildman–Crippen MR) is 77.1 cm³/mol. The molecule has 7 heteroatoms. The van der Waals surface area contributed by atoms with Gasteiger partial charge in [-0.15, -0.1) is 0 Å². The Balaban J connectivity index is 2.54. The molecule has 0 aliphatic rings. The Hall–Kier alpha value is -1.79. The van der Waals surface area contributed by atoms with E-state index in [4.69, 9.17) is 16.3 Å². The Morgan fingerprint density at radius 2 is 2.14 bits per heavy atom. The highest BCUT2D eigenvalue weighted by molar-refractivity contribution is 6.30. The molecule has 0 aromatic heterocycles. The van der Waals surface area contributed by atoms with Gasteiger partial charge in [-0.05, 0) is 25.1 Å². The van der Waals surface area contributed by atoms with Gasteiger partial charge in [-0.3, -0.25) is 9.59 Å². The number of esters is 1. The second kappa shape index (κ2) is 8.49. The van der Waals surface area contributed by atoms with E-state index in [1.165, 1.54) is 7.11 Å². The number of carbonyl (C=O) groups excluding carboxylic acids is 2. The zero-order valence-electron chi connectivity index (χ0n) is 11.9. The van der Waals surface area contributed by atoms with Crippen LogP contribution in [0, 0.1) is 0 Å². The number of carbonyl (C=O) groups is 2. The summed E-state index contributed by atoms with van der Waals surface area (Å²) in [5, 5.41) is 12.3. The van der Waals surface area contributed by atoms with Gasteiger partial charge in [-0.1, -0.05) is 11.6 Å². The van der Waals surface area contributed by atoms with Crippen molar-refractivity contribution in [3.05, 3.63) is 28.8 Å². The zero-order chi connectivity index (χ0) is 15.8. The van der Waals surface area contributed by atoms with E-state index < -0.39 is 12.1 Å². The maximum absolute atomic E-state index is 11.8. The first-order chi connectivity index (χ1) is 9.97. The summed E-state index contributed by atoms with van der Waals surface area (Å²) in [6.07, 6.45) is -0.674. The van der Waals surface area contributed by atoms with Crippen molar-refractivity contribution < 1.29 is 24.2 Å². The van der Waals surface area contributed by atoms with Crippen molar-refractivity contribution in [2.75, 3.05) is 13.7 Å². The summed E-state index contributed by atoms with van der Waals surface area (Å²) in [6.45, 7) is 1.50. The number of hydrogen-bond donors (Lipinski definition) is 2. The minimum atomic E-state index is -0.769. The van der Waals surface area contributed by atoms with Crippen LogP contribution in [0.5, 0.6) is 5.75 Å². The van der Waals surface area contributed by atoms with E-state index in [9.17, 15) is 14.7 Å². The molecule has 1 atom stereocenters. The van der Waals surface area contributed by atoms with Crippen LogP contribution in [0.2, 0.25) is 5.02 Å². The Morgan fingerprint density at radius 1 is 1.43 bits per heavy atom. The molecule has 1 rings (SSSR count). The van der Waals surface area contributed by atoms with Crippen LogP contribution in [0.1, 0.15) is 18.9 Å². The number of amides is 1. The van der Waals surface area contributed by atoms with Crippen LogP contribution in [0.15, 0.2) is 18.2 Å². The lowest BCUT2D eigenvalue weighted by Gasteiger charge is -2.16. The summed E-state index contributed by atoms with van der Waals surface area (Å²) in [7, 11) is 1.28. The quantitative estimate of drug-likeness (QED) is 0.740. The molecule has 2 N–H and O–H groups in total. The van der Waals surface area contributed by atoms with Gasteiger partial charge in [-0.25, -0.2) is 0 Å². The monoisotopic (exact) mass is 315 g/mol. The number of rotatable bonds is 7. The number of hydrogen-bond acceptors (Lipinski definition) is 5. The number of nitrogens with one attached hydrogen (secondary N) is 1. The normalized spacial score (nSPS) is 11.6. The van der Waals surface area contributed by atoms with Gasteiger partial charge in [0.25, 0.3) is 5.91 Å². The molecule has 0 saturated carbocycles. The average molecular weight is 316 g/mol. The summed E-state index contributed by atoms with van der Waals surface area (Å²) in [5.41, 5.74) is 0.497. The van der Waals surface area contributed by atoms with Gasteiger partial charge in [0, 0.05) is 17.1 Å². The molecule has 0 heterocycles. The number of methoxy groups -OCH3 is 1. The topological polar surface area (TPSA) is 84.9 Å². The van der Waals surface area contributed by atoms with Gasteiger partial charge in [0.05, 0.1) is 20.1 Å². The maximum atomic E-state index is 11.8. The third-order valence-corrected chi connectivity index (χ3v) is 2.96. The van der Waals surface area contributed by atoms with Crippen LogP contribution in [0.4, 0.5) is 0 Å². The van der Waals surface area contributed by atoms with Crippen molar-refractivity contribution in [1.82, 2.24) is 5.32 Å². The van der Waals surface area contributed by atoms with Crippen LogP contribution in [0.3, 0.4) is 0 Å². The minimum absolute atomic E-state index is 0.0950. The van der Waals surface area contributed by atoms with Crippen molar-refractivity contribution in [1.29, 1.82) is 0 Å². The van der Waals surface area contributed by atoms with Gasteiger partial charge in [0.15, 0.2) is 6.10 Å². The Labute approximate surface area is 128 Å². The van der Waals surface area contributed by atoms with Crippen molar-refractivity contribution in [3.8, 4) is 5.75 Å². The molecule has 1 unspecified atom stereocenters. The van der Waals surface area contributed by atoms with Gasteiger partial charge in [0.1, 0.15) is 5.75 Å². The minimum Gasteiger partial charge on any atom is -0.481 e. The third-order valence-electron chi connectivity index (χ3n) is 2.72. The summed E-state index contributed by atoms with van der Waals surface area (Å²) in [6, 6.07) is 4.77. The van der Waals surface area contributed by atoms with E-state index >= 15 is 0 Å². The molecule has 0 aliphatic heterocycles. The van der Waals surface area contributed by atoms with Crippen LogP contribution in [0.25, 0.3) is 0 Å². The van der Waals surface area contributed by atoms with Gasteiger partial charge < -0.3 is 19.9 Å². The maximum Gasteiger partial charge on any atom is 0.307 e. The molecule has 21 heavy (non-hydrogen) atoms. The predicted octanol–water partition coefficient (Wildman–Crippen LogP) is 1.28. The van der Waals surface area contributed by atoms with Crippen LogP contribution in [-0.4, -0.2) is 36.7 Å². The highest BCUT2D eigenvalue weighted by Crippen LogP contribution is 2.23. The summed E-state index contributed by atoms with van der Waals surface area (Å²) >= 11 is 5.82. The number of halogens is 1. The molecule has 1 aromatic rings. The van der Waals surface area contributed by atoms with Crippen molar-refractivity contribution in [3.63, 3.8) is 0 Å². The first-order valence-corrected chi connectivity index (χ1v) is 6.76. The Kier molecular flexibility index (Phi) is 6.98. The lowest BCUT2D eigenvalue weighted by atomic mass is 10.2. The highest BCUT2D eigenvalue weighted by Gasteiger charge is 2.16. The lowest BCUT2D eigenvalue weighted by molar-refractivity contribution is -0.140. The molecule has 0 spiro atoms. The fraction of sp³-hybridized carbons (Fsp3) is 0.429. The molecule has 6 nitrogen and oxygen atoms in total. The van der Waals surface area contributed by atoms with Gasteiger partial charge in [-0.2, -0.15) is 0 Å². The van der Waals surface area contributed by atoms with E-state index in [0.29, 0.717) is 16.3 Å². The number of benzene rings is 1. The molecular weight excluding hydrogens is 298 g/mol. The highest BCUT2D eigenvalue weighted by atomic mass is 35.5. The molecule has 0 bridgehead atoms. The molecule has 116 valence electrons. The Bertz CT molecular complexity index is 506. The number of aliphatic hydroxyl groups excluding tert-OH is 1. The lowest BCUT2D eigenvalue weighted by Crippen LogP contribution is -2.37. The molecule has 0 aliphatic carbocycles. The number of ether oxygens (including phenoxy) is 2. The fourth-order valence-corrected chi connectivity index (χ4v) is 1.76. The van der Waals surface area contributed by atoms with E-state index in [2.05, 4.69) is 10.1 Å². The van der Waals surface area contributed by atoms with Crippen molar-refractivity contribution in [2.24, 2.45) is 0 Å². The van der Waals surface area contributed by atoms with Crippen molar-refractivity contribution >= 4 is 23.5 Å². The van der Waals surface area contributed by atoms with Gasteiger partial charge >= 0.3 is 5.97 Å². The first kappa shape index (κ1) is 17.3. The SMILES string of the molecule is COC(=O)CCNC(=O)C(C)Oc1ccc(Cl)cc1CO. The largest absolute Gasteiger partial charge is 0.481 e. The average Bonchev–Trinajstić information content (AvgIpc) is 2.48. The smallest absolute Gasteiger partial charge is 0.307 e. The molecule has 0 radical (unpaired) electrons. The van der Waals surface area contributed by atoms with E-state index in [-0.39, 0.29) is 25.5 Å². The first-order valence-electron chi connectivity index (χ1n) is 6.38. The van der Waals surface area contributed by atoms with E-state index in [1.54, 1.807) is 25.1 Å². The molecule has 0 saturated heterocycles. The van der Waals surface area contributed by atoms with Crippen molar-refractivity contribution in [2.45, 2.75) is 26.1 Å². The van der Waals surface area contributed by atoms with Crippen LogP contribution in [-0.2, 0) is 20.9 Å². The Morgan fingerprint density at radius 3 is 2.76 bits per heavy atom. The zero-order valence-corrected chi connectivity index (χ0v) is 12.6. The van der Waals surface area contributed by atoms with Gasteiger partial charge in [0.2, 0.25) is 0 Å². The van der Waals surface area contributed by atoms with Crippen LogP contribution >= 0.6 is 11.6 Å². The molecule has 0 fully saturated rings. The fourth-order valence-electron chi connectivity index (χ4n) is 1.56. The summed E-state index contributed by atoms with van der Waals surface area (Å²) in [4.78, 5) is 22.7. The van der Waals surface area contributed by atoms with E-state index in [1.807, 2.05) is 0 Å². The summed E-state index contributed by atoms with van der Waals surface area (Å²) < 4.78 is 9.96. The summed E-state index contributed by atoms with van der Waals surface area (Å²) in [5.74, 6) is -0.376. The standard InChI is InChI=1S/C14H18ClNO5/c1-9(14(19)16-6-5-13(18)20-2)21-12-4-3-11(15)7-10(12)8-17/h3-4,7,9,17H,5-6,8H2,1-2H3,(H,16,19). The molecule has 1 amide bonds. The second-order valence-electron chi connectivity index (χ2n) is 4.29. The van der Waals surface area contributed by atoms with E-state index in [0.717, 1.165) is 0 Å². The second-order valence-corrected chi connectivity index (χ2v) is 4.72. The van der Waals surface area contributed by atoms with Crippen LogP contribution < -0.4 is 10.1 Å².